The number of carbonyl (C=O) groups excluding carboxylic acids is 4. The van der Waals surface area contributed by atoms with Crippen LogP contribution in [0.4, 0.5) is 5.82 Å². The van der Waals surface area contributed by atoms with Crippen LogP contribution >= 0.6 is 45.5 Å². The van der Waals surface area contributed by atoms with Crippen molar-refractivity contribution in [3.8, 4) is 22.1 Å². The third-order valence-corrected chi connectivity index (χ3v) is 13.9. The predicted octanol–water partition coefficient (Wildman–Crippen LogP) is 6.83. The van der Waals surface area contributed by atoms with Crippen molar-refractivity contribution in [3.05, 3.63) is 67.8 Å². The third-order valence-electron chi connectivity index (χ3n) is 11.5. The summed E-state index contributed by atoms with van der Waals surface area (Å²) in [4.78, 5) is 60.5. The zero-order valence-electron chi connectivity index (χ0n) is 28.0. The van der Waals surface area contributed by atoms with Crippen molar-refractivity contribution in [3.63, 3.8) is 0 Å². The number of aromatic hydroxyl groups is 1. The van der Waals surface area contributed by atoms with E-state index in [-0.39, 0.29) is 48.1 Å². The van der Waals surface area contributed by atoms with Crippen LogP contribution in [0.1, 0.15) is 43.7 Å². The number of aromatic nitrogens is 2. The number of carbonyl (C=O) groups is 4. The predicted molar refractivity (Wildman–Crippen MR) is 198 cm³/mol. The highest BCUT2D eigenvalue weighted by atomic mass is 127. The van der Waals surface area contributed by atoms with E-state index in [0.29, 0.717) is 32.1 Å². The van der Waals surface area contributed by atoms with E-state index < -0.39 is 35.0 Å². The Kier molecular flexibility index (Phi) is 7.77. The molecule has 1 N–H and O–H groups in total. The molecule has 258 valence electrons. The summed E-state index contributed by atoms with van der Waals surface area (Å²) >= 11 is 9.91. The number of benzene rings is 2. The molecule has 4 aromatic rings. The number of rotatable bonds is 5. The molecule has 2 aromatic heterocycles. The lowest BCUT2D eigenvalue weighted by atomic mass is 9.51. The first-order valence-corrected chi connectivity index (χ1v) is 18.8. The summed E-state index contributed by atoms with van der Waals surface area (Å²) in [5.74, 6) is -3.49. The van der Waals surface area contributed by atoms with Crippen LogP contribution in [0.5, 0.6) is 11.5 Å². The number of phenolic OH excluding ortho intramolecular Hbond substituents is 1. The van der Waals surface area contributed by atoms with E-state index in [4.69, 9.17) is 21.4 Å². The number of thiophene rings is 1. The number of methoxy groups -OCH3 is 1. The molecule has 4 aliphatic rings. The first kappa shape index (κ1) is 33.4. The molecule has 0 radical (unpaired) electrons. The van der Waals surface area contributed by atoms with Gasteiger partial charge < -0.3 is 9.84 Å². The minimum Gasteiger partial charge on any atom is -0.504 e. The molecule has 1 saturated carbocycles. The molecule has 2 saturated heterocycles. The van der Waals surface area contributed by atoms with Gasteiger partial charge in [0.25, 0.3) is 0 Å². The maximum Gasteiger partial charge on any atom is 0.242 e. The lowest BCUT2D eigenvalue weighted by Crippen LogP contribution is -2.49. The van der Waals surface area contributed by atoms with Crippen LogP contribution in [0.3, 0.4) is 0 Å². The fourth-order valence-electron chi connectivity index (χ4n) is 9.12. The van der Waals surface area contributed by atoms with Gasteiger partial charge in [-0.15, -0.1) is 11.3 Å². The van der Waals surface area contributed by atoms with Crippen LogP contribution in [0.2, 0.25) is 5.02 Å². The molecule has 6 atom stereocenters. The van der Waals surface area contributed by atoms with E-state index in [1.54, 1.807) is 42.1 Å². The highest BCUT2D eigenvalue weighted by molar-refractivity contribution is 14.1. The zero-order chi connectivity index (χ0) is 35.5. The van der Waals surface area contributed by atoms with Gasteiger partial charge in [0.1, 0.15) is 11.5 Å². The lowest BCUT2D eigenvalue weighted by Gasteiger charge is -2.49. The van der Waals surface area contributed by atoms with Gasteiger partial charge in [-0.2, -0.15) is 5.10 Å². The summed E-state index contributed by atoms with van der Waals surface area (Å²) in [6.45, 7) is 5.93. The first-order valence-electron chi connectivity index (χ1n) is 16.5. The summed E-state index contributed by atoms with van der Waals surface area (Å²) in [5, 5.41) is 17.2. The Balaban J connectivity index is 1.27. The van der Waals surface area contributed by atoms with Gasteiger partial charge in [-0.05, 0) is 109 Å². The summed E-state index contributed by atoms with van der Waals surface area (Å²) in [7, 11) is 3.19. The number of allylic oxidation sites excluding steroid dienone is 2. The number of aryl methyl sites for hydroxylation is 2. The minimum absolute atomic E-state index is 0.0181. The number of phenols is 1. The molecule has 10 nitrogen and oxygen atoms in total. The van der Waals surface area contributed by atoms with Gasteiger partial charge in [-0.1, -0.05) is 23.3 Å². The van der Waals surface area contributed by atoms with E-state index in [0.717, 1.165) is 26.1 Å². The highest BCUT2D eigenvalue weighted by Gasteiger charge is 2.68. The van der Waals surface area contributed by atoms with Crippen LogP contribution in [0, 0.1) is 39.6 Å². The van der Waals surface area contributed by atoms with E-state index in [1.807, 2.05) is 66.8 Å². The van der Waals surface area contributed by atoms with Crippen molar-refractivity contribution in [2.75, 3.05) is 18.6 Å². The number of fused-ring (bicyclic) bond motifs is 5. The van der Waals surface area contributed by atoms with Gasteiger partial charge in [-0.3, -0.25) is 28.8 Å². The number of likely N-dealkylation sites (tertiary alicyclic amines) is 1. The molecule has 2 aliphatic carbocycles. The standard InChI is InChI=1S/C37H34ClIN4O6S/c1-6-42-33(45)20-9-8-19-22(29(20)35(42)47)14-23-34(46)43(36(48)37(23,3)30(19)17-11-24(39)31(44)26(12-17)49-5)28-15-25(40-41(28)4)32-16(2)21-13-18(38)7-10-27(21)50-32/h7-8,10-13,15,20,22-23,29-30,44H,6,9,14H2,1-5H3/t20-,22+,23-,29-,30-,37+/m0/s1. The van der Waals surface area contributed by atoms with Crippen molar-refractivity contribution in [1.29, 1.82) is 0 Å². The number of hydrogen-bond acceptors (Lipinski definition) is 8. The Bertz CT molecular complexity index is 2230. The normalized spacial score (nSPS) is 27.6. The van der Waals surface area contributed by atoms with Crippen molar-refractivity contribution >= 4 is 85.1 Å². The van der Waals surface area contributed by atoms with Crippen molar-refractivity contribution in [2.45, 2.75) is 39.5 Å². The smallest absolute Gasteiger partial charge is 0.242 e. The van der Waals surface area contributed by atoms with Crippen LogP contribution in [0.25, 0.3) is 20.7 Å². The van der Waals surface area contributed by atoms with Crippen molar-refractivity contribution in [1.82, 2.24) is 14.7 Å². The highest BCUT2D eigenvalue weighted by Crippen LogP contribution is 2.64. The second-order valence-electron chi connectivity index (χ2n) is 13.8. The van der Waals surface area contributed by atoms with Gasteiger partial charge >= 0.3 is 0 Å². The zero-order valence-corrected chi connectivity index (χ0v) is 31.7. The van der Waals surface area contributed by atoms with Gasteiger partial charge in [0, 0.05) is 35.3 Å². The lowest BCUT2D eigenvalue weighted by molar-refractivity contribution is -0.140. The first-order chi connectivity index (χ1) is 23.8. The van der Waals surface area contributed by atoms with Crippen molar-refractivity contribution < 1.29 is 29.0 Å². The Morgan fingerprint density at radius 3 is 2.58 bits per heavy atom. The SMILES string of the molecule is CCN1C(=O)[C@H]2[C@H](CC=C3[C@H]2C[C@H]2C(=O)N(c4cc(-c5sc6ccc(Cl)cc6c5C)nn4C)C(=O)[C@@]2(C)[C@H]3c2cc(I)c(O)c(OC)c2)C1=O. The van der Waals surface area contributed by atoms with E-state index in [1.165, 1.54) is 16.9 Å². The second kappa shape index (κ2) is 11.6. The molecule has 13 heteroatoms. The molecule has 4 heterocycles. The number of nitrogens with zero attached hydrogens (tertiary/aromatic N) is 4. The summed E-state index contributed by atoms with van der Waals surface area (Å²) < 4.78 is 8.70. The largest absolute Gasteiger partial charge is 0.504 e. The van der Waals surface area contributed by atoms with Crippen LogP contribution < -0.4 is 9.64 Å². The number of halogens is 2. The number of hydrogen-bond donors (Lipinski definition) is 1. The number of ether oxygens (including phenoxy) is 1. The van der Waals surface area contributed by atoms with Crippen LogP contribution in [-0.2, 0) is 26.2 Å². The number of imide groups is 2. The van der Waals surface area contributed by atoms with Crippen molar-refractivity contribution in [2.24, 2.45) is 36.1 Å². The molecule has 50 heavy (non-hydrogen) atoms. The van der Waals surface area contributed by atoms with Gasteiger partial charge in [0.2, 0.25) is 23.6 Å². The van der Waals surface area contributed by atoms with Crippen LogP contribution in [-0.4, -0.2) is 57.1 Å². The molecular weight excluding hydrogens is 791 g/mol. The Morgan fingerprint density at radius 2 is 1.86 bits per heavy atom. The Labute approximate surface area is 311 Å². The summed E-state index contributed by atoms with van der Waals surface area (Å²) in [5.41, 5.74) is 1.98. The third kappa shape index (κ3) is 4.46. The fourth-order valence-corrected chi connectivity index (χ4v) is 11.1. The average Bonchev–Trinajstić information content (AvgIpc) is 3.75. The van der Waals surface area contributed by atoms with Gasteiger partial charge in [-0.25, -0.2) is 4.90 Å². The van der Waals surface area contributed by atoms with E-state index >= 15 is 4.79 Å². The fraction of sp³-hybridized carbons (Fsp3) is 0.378. The molecule has 0 bridgehead atoms. The molecular formula is C37H34ClIN4O6S. The maximum atomic E-state index is 15.0. The molecule has 0 unspecified atom stereocenters. The average molecular weight is 825 g/mol. The molecule has 2 aliphatic heterocycles. The molecule has 8 rings (SSSR count). The minimum atomic E-state index is -1.25. The van der Waals surface area contributed by atoms with Crippen LogP contribution in [0.15, 0.2) is 48.0 Å². The van der Waals surface area contributed by atoms with Gasteiger partial charge in [0.15, 0.2) is 11.5 Å². The number of amides is 4. The molecule has 4 amide bonds. The van der Waals surface area contributed by atoms with E-state index in [2.05, 4.69) is 0 Å². The Hall–Kier alpha value is -3.75. The second-order valence-corrected chi connectivity index (χ2v) is 16.5. The molecule has 2 aromatic carbocycles. The monoisotopic (exact) mass is 824 g/mol. The quantitative estimate of drug-likeness (QED) is 0.133. The summed E-state index contributed by atoms with van der Waals surface area (Å²) in [6, 6.07) is 11.1. The summed E-state index contributed by atoms with van der Waals surface area (Å²) in [6.07, 6.45) is 2.65. The molecule has 0 spiro atoms. The Morgan fingerprint density at radius 1 is 1.10 bits per heavy atom. The maximum absolute atomic E-state index is 15.0. The topological polar surface area (TPSA) is 122 Å². The van der Waals surface area contributed by atoms with E-state index in [9.17, 15) is 19.5 Å². The molecule has 3 fully saturated rings. The van der Waals surface area contributed by atoms with Gasteiger partial charge in [0.05, 0.1) is 38.7 Å². The number of anilines is 1.